The van der Waals surface area contributed by atoms with Crippen LogP contribution in [0.1, 0.15) is 29.5 Å². The molecule has 3 aromatic carbocycles. The van der Waals surface area contributed by atoms with E-state index in [0.29, 0.717) is 44.6 Å². The van der Waals surface area contributed by atoms with E-state index < -0.39 is 108 Å². The molecule has 2 N–H and O–H groups in total. The number of alkyl halides is 3. The third-order valence-electron chi connectivity index (χ3n) is 12.9. The lowest BCUT2D eigenvalue weighted by Crippen LogP contribution is -2.55. The van der Waals surface area contributed by atoms with E-state index in [1.807, 2.05) is 0 Å². The van der Waals surface area contributed by atoms with Crippen LogP contribution in [0.3, 0.4) is 0 Å². The quantitative estimate of drug-likeness (QED) is 0.0756. The number of hydrazine groups is 1. The molecule has 5 aliphatic rings. The molecule has 9 rings (SSSR count). The number of phenols is 1. The van der Waals surface area contributed by atoms with Crippen molar-refractivity contribution in [3.05, 3.63) is 137 Å². The molecule has 2 saturated heterocycles. The Bertz CT molecular complexity index is 2840. The number of carbonyl (C=O) groups is 4. The van der Waals surface area contributed by atoms with Gasteiger partial charge in [-0.3, -0.25) is 44.8 Å². The predicted molar refractivity (Wildman–Crippen MR) is 225 cm³/mol. The number of amides is 4. The van der Waals surface area contributed by atoms with E-state index in [1.54, 1.807) is 18.2 Å². The number of fused-ring (bicyclic) bond motifs is 5. The first-order valence-corrected chi connectivity index (χ1v) is 20.5. The number of allylic oxidation sites excluding steroid dienone is 3. The number of phenolic OH excluding ortho intramolecular Hbond substituents is 1. The van der Waals surface area contributed by atoms with Crippen LogP contribution in [0, 0.1) is 49.8 Å². The summed E-state index contributed by atoms with van der Waals surface area (Å²) in [6.45, 7) is 0. The van der Waals surface area contributed by atoms with Gasteiger partial charge >= 0.3 is 17.6 Å². The highest BCUT2D eigenvalue weighted by Gasteiger charge is 2.71. The summed E-state index contributed by atoms with van der Waals surface area (Å²) in [5.41, 5.74) is -1.15. The summed E-state index contributed by atoms with van der Waals surface area (Å²) in [5, 5.41) is 35.4. The highest BCUT2D eigenvalue weighted by Crippen LogP contribution is 2.64. The monoisotopic (exact) mass is 933 g/mol. The summed E-state index contributed by atoms with van der Waals surface area (Å²) >= 11 is 12.6. The molecule has 65 heavy (non-hydrogen) atoms. The number of benzene rings is 3. The van der Waals surface area contributed by atoms with E-state index in [0.717, 1.165) is 12.1 Å². The number of anilines is 3. The topological polar surface area (TPSA) is 219 Å². The van der Waals surface area contributed by atoms with Crippen LogP contribution in [0.2, 0.25) is 10.0 Å². The van der Waals surface area contributed by atoms with Gasteiger partial charge < -0.3 is 14.7 Å². The molecule has 22 heteroatoms. The average Bonchev–Trinajstić information content (AvgIpc) is 3.63. The Morgan fingerprint density at radius 2 is 1.62 bits per heavy atom. The standard InChI is InChI=1S/C43H32Cl2F3N7O10/c1-51(2)36-31(54(61)62)14-24(15-32(36)55(63)64)52-38(57)27-9-8-26-28(34(27)40(52)59)16-29-39(58)53(50-37-30(45)13-22(17-49-37)43(46,47)48)41(60)42(29,21-3-5-23(44)6-4-21)35(26)20-11-19-12-25(56)7-10-33(19)65-18-20/h3-8,10,12-15,17-18,27-29,34-35,56H,9,11,16H2,1-2H3,(H,49,50). The van der Waals surface area contributed by atoms with Gasteiger partial charge in [0.15, 0.2) is 11.5 Å². The minimum absolute atomic E-state index is 0.0420. The number of halogens is 5. The molecule has 4 amide bonds. The maximum Gasteiger partial charge on any atom is 0.417 e. The number of imide groups is 2. The highest BCUT2D eigenvalue weighted by atomic mass is 35.5. The van der Waals surface area contributed by atoms with Crippen LogP contribution in [0.5, 0.6) is 11.5 Å². The van der Waals surface area contributed by atoms with Crippen LogP contribution >= 0.6 is 23.2 Å². The average molecular weight is 935 g/mol. The number of nitrogens with zero attached hydrogens (tertiary/aromatic N) is 6. The summed E-state index contributed by atoms with van der Waals surface area (Å²) in [5.74, 6) is -9.49. The van der Waals surface area contributed by atoms with Gasteiger partial charge in [-0.05, 0) is 66.3 Å². The van der Waals surface area contributed by atoms with Gasteiger partial charge in [0, 0.05) is 55.3 Å². The van der Waals surface area contributed by atoms with E-state index in [-0.39, 0.29) is 41.3 Å². The summed E-state index contributed by atoms with van der Waals surface area (Å²) in [4.78, 5) is 88.5. The lowest BCUT2D eigenvalue weighted by molar-refractivity contribution is -0.392. The SMILES string of the molecule is CN(C)c1c([N+](=O)[O-])cc(N2C(=O)C3CC=C4C(CC5C(=O)N(Nc6ncc(C(F)(F)F)cc6Cl)C(=O)C5(c5ccc(Cl)cc5)C4C4=COc5ccc(O)cc5C4)C3C2=O)cc1[N+](=O)[O-]. The van der Waals surface area contributed by atoms with Crippen molar-refractivity contribution in [3.8, 4) is 11.5 Å². The van der Waals surface area contributed by atoms with E-state index in [1.165, 1.54) is 55.6 Å². The molecule has 1 aromatic heterocycles. The molecule has 6 atom stereocenters. The number of nitro groups is 2. The summed E-state index contributed by atoms with van der Waals surface area (Å²) in [6, 6.07) is 13.0. The molecule has 0 bridgehead atoms. The Labute approximate surface area is 374 Å². The van der Waals surface area contributed by atoms with Crippen LogP contribution in [-0.4, -0.2) is 62.7 Å². The second-order valence-corrected chi connectivity index (χ2v) is 17.3. The zero-order chi connectivity index (χ0) is 46.6. The highest BCUT2D eigenvalue weighted by molar-refractivity contribution is 6.33. The van der Waals surface area contributed by atoms with Crippen molar-refractivity contribution in [1.82, 2.24) is 9.99 Å². The van der Waals surface area contributed by atoms with Crippen molar-refractivity contribution in [3.63, 3.8) is 0 Å². The van der Waals surface area contributed by atoms with Gasteiger partial charge in [0.1, 0.15) is 11.5 Å². The van der Waals surface area contributed by atoms with Crippen molar-refractivity contribution < 1.29 is 52.0 Å². The number of carbonyl (C=O) groups excluding carboxylic acids is 4. The summed E-state index contributed by atoms with van der Waals surface area (Å²) in [6.07, 6.45) is -1.55. The number of ether oxygens (including phenoxy) is 1. The fourth-order valence-electron chi connectivity index (χ4n) is 10.3. The molecule has 0 spiro atoms. The predicted octanol–water partition coefficient (Wildman–Crippen LogP) is 7.54. The van der Waals surface area contributed by atoms with E-state index in [4.69, 9.17) is 27.9 Å². The lowest BCUT2D eigenvalue weighted by Gasteiger charge is -2.51. The van der Waals surface area contributed by atoms with Crippen LogP contribution < -0.4 is 20.0 Å². The fourth-order valence-corrected chi connectivity index (χ4v) is 10.6. The van der Waals surface area contributed by atoms with Gasteiger partial charge in [-0.15, -0.1) is 0 Å². The number of hydrogen-bond acceptors (Lipinski definition) is 13. The molecule has 17 nitrogen and oxygen atoms in total. The second-order valence-electron chi connectivity index (χ2n) is 16.5. The molecule has 6 unspecified atom stereocenters. The number of pyridine rings is 1. The largest absolute Gasteiger partial charge is 0.508 e. The second kappa shape index (κ2) is 15.3. The van der Waals surface area contributed by atoms with Gasteiger partial charge in [-0.2, -0.15) is 18.2 Å². The Kier molecular flexibility index (Phi) is 10.2. The minimum atomic E-state index is -4.82. The molecule has 334 valence electrons. The number of nitrogens with one attached hydrogen (secondary N) is 1. The van der Waals surface area contributed by atoms with Crippen LogP contribution in [0.15, 0.2) is 90.3 Å². The van der Waals surface area contributed by atoms with E-state index in [2.05, 4.69) is 10.4 Å². The molecule has 4 heterocycles. The van der Waals surface area contributed by atoms with Crippen molar-refractivity contribution in [2.24, 2.45) is 29.6 Å². The first-order chi connectivity index (χ1) is 30.7. The Balaban J connectivity index is 1.21. The number of rotatable bonds is 8. The van der Waals surface area contributed by atoms with Crippen LogP contribution in [0.25, 0.3) is 0 Å². The first-order valence-electron chi connectivity index (χ1n) is 19.8. The zero-order valence-electron chi connectivity index (χ0n) is 33.7. The van der Waals surface area contributed by atoms with Gasteiger partial charge in [0.2, 0.25) is 11.8 Å². The number of nitro benzene ring substituents is 2. The van der Waals surface area contributed by atoms with E-state index in [9.17, 15) is 48.1 Å². The molecule has 1 saturated carbocycles. The summed E-state index contributed by atoms with van der Waals surface area (Å²) < 4.78 is 46.9. The molecular weight excluding hydrogens is 902 g/mol. The number of hydrogen-bond donors (Lipinski definition) is 2. The molecule has 4 aromatic rings. The molecule has 3 fully saturated rings. The van der Waals surface area contributed by atoms with Crippen LogP contribution in [-0.2, 0) is 37.2 Å². The fraction of sp³-hybridized carbons (Fsp3) is 0.279. The van der Waals surface area contributed by atoms with E-state index >= 15 is 9.59 Å². The summed E-state index contributed by atoms with van der Waals surface area (Å²) in [7, 11) is 2.72. The maximum absolute atomic E-state index is 15.5. The number of aromatic hydroxyl groups is 1. The van der Waals surface area contributed by atoms with Gasteiger partial charge in [0.25, 0.3) is 11.8 Å². The van der Waals surface area contributed by atoms with Crippen molar-refractivity contribution in [1.29, 1.82) is 0 Å². The van der Waals surface area contributed by atoms with Gasteiger partial charge in [-0.25, -0.2) is 9.88 Å². The molecule has 2 aliphatic carbocycles. The third kappa shape index (κ3) is 6.64. The lowest BCUT2D eigenvalue weighted by atomic mass is 9.48. The minimum Gasteiger partial charge on any atom is -0.508 e. The first kappa shape index (κ1) is 43.2. The Hall–Kier alpha value is -7.06. The van der Waals surface area contributed by atoms with Gasteiger partial charge in [0.05, 0.1) is 55.6 Å². The van der Waals surface area contributed by atoms with Crippen molar-refractivity contribution >= 4 is 75.4 Å². The Morgan fingerprint density at radius 3 is 2.23 bits per heavy atom. The normalized spacial score (nSPS) is 24.6. The zero-order valence-corrected chi connectivity index (χ0v) is 35.2. The van der Waals surface area contributed by atoms with Crippen molar-refractivity contribution in [2.45, 2.75) is 30.9 Å². The number of aromatic nitrogens is 1. The maximum atomic E-state index is 15.5. The molecule has 0 radical (unpaired) electrons. The smallest absolute Gasteiger partial charge is 0.417 e. The van der Waals surface area contributed by atoms with Crippen molar-refractivity contribution in [2.75, 3.05) is 29.3 Å². The third-order valence-corrected chi connectivity index (χ3v) is 13.4. The van der Waals surface area contributed by atoms with Crippen LogP contribution in [0.4, 0.5) is 41.7 Å². The molecular formula is C43H32Cl2F3N7O10. The van der Waals surface area contributed by atoms with Gasteiger partial charge in [-0.1, -0.05) is 47.0 Å². The Morgan fingerprint density at radius 1 is 0.938 bits per heavy atom. The molecule has 3 aliphatic heterocycles.